The van der Waals surface area contributed by atoms with Crippen LogP contribution in [0, 0.1) is 5.82 Å². The maximum absolute atomic E-state index is 13.1. The molecule has 2 aromatic carbocycles. The maximum Gasteiger partial charge on any atom is 0.123 e. The Hall–Kier alpha value is -2.26. The summed E-state index contributed by atoms with van der Waals surface area (Å²) < 4.78 is 13.1. The van der Waals surface area contributed by atoms with Crippen molar-refractivity contribution in [1.29, 1.82) is 0 Å². The van der Waals surface area contributed by atoms with Crippen LogP contribution in [0.15, 0.2) is 60.8 Å². The van der Waals surface area contributed by atoms with Crippen LogP contribution < -0.4 is 0 Å². The lowest BCUT2D eigenvalue weighted by Gasteiger charge is -2.12. The van der Waals surface area contributed by atoms with Gasteiger partial charge in [-0.3, -0.25) is 4.98 Å². The van der Waals surface area contributed by atoms with Crippen LogP contribution in [0.5, 0.6) is 0 Å². The molecule has 1 atom stereocenters. The van der Waals surface area contributed by atoms with Crippen molar-refractivity contribution in [2.45, 2.75) is 12.5 Å². The number of hydrogen-bond acceptors (Lipinski definition) is 2. The van der Waals surface area contributed by atoms with E-state index in [1.54, 1.807) is 12.3 Å². The first-order valence-corrected chi connectivity index (χ1v) is 6.49. The lowest BCUT2D eigenvalue weighted by molar-refractivity contribution is 0.178. The molecule has 20 heavy (non-hydrogen) atoms. The quantitative estimate of drug-likeness (QED) is 0.785. The van der Waals surface area contributed by atoms with E-state index in [0.717, 1.165) is 22.0 Å². The van der Waals surface area contributed by atoms with Crippen LogP contribution in [0.25, 0.3) is 10.9 Å². The molecule has 1 unspecified atom stereocenters. The topological polar surface area (TPSA) is 33.1 Å². The van der Waals surface area contributed by atoms with Crippen LogP contribution in [-0.4, -0.2) is 10.1 Å². The summed E-state index contributed by atoms with van der Waals surface area (Å²) in [4.78, 5) is 4.27. The summed E-state index contributed by atoms with van der Waals surface area (Å²) in [6, 6.07) is 15.9. The minimum atomic E-state index is -0.664. The Morgan fingerprint density at radius 3 is 2.80 bits per heavy atom. The first-order chi connectivity index (χ1) is 9.72. The van der Waals surface area contributed by atoms with Crippen LogP contribution in [0.4, 0.5) is 4.39 Å². The Labute approximate surface area is 116 Å². The van der Waals surface area contributed by atoms with Crippen molar-refractivity contribution < 1.29 is 9.50 Å². The zero-order valence-corrected chi connectivity index (χ0v) is 10.8. The number of hydrogen-bond donors (Lipinski definition) is 1. The third-order valence-corrected chi connectivity index (χ3v) is 3.33. The fraction of sp³-hybridized carbons (Fsp3) is 0.118. The van der Waals surface area contributed by atoms with Gasteiger partial charge in [0.15, 0.2) is 0 Å². The summed E-state index contributed by atoms with van der Waals surface area (Å²) in [5, 5.41) is 11.3. The number of aliphatic hydroxyl groups is 1. The number of rotatable bonds is 3. The van der Waals surface area contributed by atoms with Crippen LogP contribution in [0.3, 0.4) is 0 Å². The molecule has 0 aliphatic carbocycles. The minimum Gasteiger partial charge on any atom is -0.388 e. The average Bonchev–Trinajstić information content (AvgIpc) is 2.47. The number of pyridine rings is 1. The van der Waals surface area contributed by atoms with E-state index < -0.39 is 6.10 Å². The first kappa shape index (κ1) is 12.8. The third-order valence-electron chi connectivity index (χ3n) is 3.33. The van der Waals surface area contributed by atoms with Crippen molar-refractivity contribution in [3.8, 4) is 0 Å². The second-order valence-corrected chi connectivity index (χ2v) is 4.81. The highest BCUT2D eigenvalue weighted by Gasteiger charge is 2.10. The van der Waals surface area contributed by atoms with Crippen LogP contribution in [0.1, 0.15) is 17.2 Å². The van der Waals surface area contributed by atoms with Gasteiger partial charge in [-0.05, 0) is 35.4 Å². The highest BCUT2D eigenvalue weighted by atomic mass is 19.1. The van der Waals surface area contributed by atoms with Gasteiger partial charge in [0.25, 0.3) is 0 Å². The van der Waals surface area contributed by atoms with Crippen LogP contribution in [-0.2, 0) is 6.42 Å². The molecule has 0 fully saturated rings. The van der Waals surface area contributed by atoms with E-state index in [1.807, 2.05) is 36.4 Å². The fourth-order valence-electron chi connectivity index (χ4n) is 2.30. The van der Waals surface area contributed by atoms with E-state index in [4.69, 9.17) is 0 Å². The lowest BCUT2D eigenvalue weighted by atomic mass is 10.00. The van der Waals surface area contributed by atoms with Crippen molar-refractivity contribution >= 4 is 10.9 Å². The minimum absolute atomic E-state index is 0.283. The molecule has 0 aliphatic rings. The highest BCUT2D eigenvalue weighted by Crippen LogP contribution is 2.22. The van der Waals surface area contributed by atoms with Crippen molar-refractivity contribution in [1.82, 2.24) is 4.98 Å². The van der Waals surface area contributed by atoms with Gasteiger partial charge in [0.05, 0.1) is 11.6 Å². The van der Waals surface area contributed by atoms with Crippen molar-refractivity contribution in [2.24, 2.45) is 0 Å². The van der Waals surface area contributed by atoms with Crippen molar-refractivity contribution in [2.75, 3.05) is 0 Å². The Balaban J connectivity index is 1.86. The number of fused-ring (bicyclic) bond motifs is 1. The second kappa shape index (κ2) is 5.39. The standard InChI is InChI=1S/C17H14FNO/c18-15-5-1-3-12(9-15)10-17(20)14-7-6-13-4-2-8-19-16(13)11-14/h1-9,11,17,20H,10H2. The van der Waals surface area contributed by atoms with Gasteiger partial charge >= 0.3 is 0 Å². The molecule has 1 heterocycles. The predicted molar refractivity (Wildman–Crippen MR) is 76.8 cm³/mol. The lowest BCUT2D eigenvalue weighted by Crippen LogP contribution is -2.02. The number of aromatic nitrogens is 1. The van der Waals surface area contributed by atoms with Gasteiger partial charge in [0.2, 0.25) is 0 Å². The Kier molecular flexibility index (Phi) is 3.44. The summed E-state index contributed by atoms with van der Waals surface area (Å²) in [6.07, 6.45) is 1.45. The molecule has 0 bridgehead atoms. The smallest absolute Gasteiger partial charge is 0.123 e. The van der Waals surface area contributed by atoms with E-state index in [0.29, 0.717) is 6.42 Å². The second-order valence-electron chi connectivity index (χ2n) is 4.81. The highest BCUT2D eigenvalue weighted by molar-refractivity contribution is 5.78. The van der Waals surface area contributed by atoms with E-state index >= 15 is 0 Å². The molecule has 0 aliphatic heterocycles. The Morgan fingerprint density at radius 2 is 1.95 bits per heavy atom. The van der Waals surface area contributed by atoms with Crippen molar-refractivity contribution in [3.63, 3.8) is 0 Å². The first-order valence-electron chi connectivity index (χ1n) is 6.49. The van der Waals surface area contributed by atoms with E-state index in [9.17, 15) is 9.50 Å². The summed E-state index contributed by atoms with van der Waals surface area (Å²) in [7, 11) is 0. The van der Waals surface area contributed by atoms with E-state index in [2.05, 4.69) is 4.98 Å². The van der Waals surface area contributed by atoms with Gasteiger partial charge in [-0.15, -0.1) is 0 Å². The van der Waals surface area contributed by atoms with Gasteiger partial charge in [-0.25, -0.2) is 4.39 Å². The van der Waals surface area contributed by atoms with E-state index in [1.165, 1.54) is 12.1 Å². The molecular formula is C17H14FNO. The molecule has 2 nitrogen and oxygen atoms in total. The largest absolute Gasteiger partial charge is 0.388 e. The molecule has 0 saturated heterocycles. The SMILES string of the molecule is OC(Cc1cccc(F)c1)c1ccc2cccnc2c1. The zero-order valence-electron chi connectivity index (χ0n) is 10.8. The van der Waals surface area contributed by atoms with Crippen LogP contribution >= 0.6 is 0 Å². The third kappa shape index (κ3) is 2.68. The molecule has 1 aromatic heterocycles. The number of aliphatic hydroxyl groups excluding tert-OH is 1. The van der Waals surface area contributed by atoms with Crippen LogP contribution in [0.2, 0.25) is 0 Å². The average molecular weight is 267 g/mol. The zero-order chi connectivity index (χ0) is 13.9. The maximum atomic E-state index is 13.1. The predicted octanol–water partition coefficient (Wildman–Crippen LogP) is 3.65. The van der Waals surface area contributed by atoms with Gasteiger partial charge < -0.3 is 5.11 Å². The summed E-state index contributed by atoms with van der Waals surface area (Å²) in [6.45, 7) is 0. The molecular weight excluding hydrogens is 253 g/mol. The molecule has 3 aromatic rings. The molecule has 0 amide bonds. The molecule has 3 rings (SSSR count). The van der Waals surface area contributed by atoms with Crippen molar-refractivity contribution in [3.05, 3.63) is 77.7 Å². The fourth-order valence-corrected chi connectivity index (χ4v) is 2.30. The van der Waals surface area contributed by atoms with Gasteiger partial charge in [0.1, 0.15) is 5.82 Å². The molecule has 100 valence electrons. The molecule has 0 spiro atoms. The molecule has 1 N–H and O–H groups in total. The Morgan fingerprint density at radius 1 is 1.05 bits per heavy atom. The van der Waals surface area contributed by atoms with Gasteiger partial charge in [-0.2, -0.15) is 0 Å². The number of halogens is 1. The Bertz CT molecular complexity index is 742. The van der Waals surface area contributed by atoms with Gasteiger partial charge in [-0.1, -0.05) is 30.3 Å². The summed E-state index contributed by atoms with van der Waals surface area (Å²) in [5.74, 6) is -0.283. The normalized spacial score (nSPS) is 12.5. The summed E-state index contributed by atoms with van der Waals surface area (Å²) >= 11 is 0. The summed E-state index contributed by atoms with van der Waals surface area (Å²) in [5.41, 5.74) is 2.42. The molecule has 0 saturated carbocycles. The molecule has 0 radical (unpaired) electrons. The van der Waals surface area contributed by atoms with E-state index in [-0.39, 0.29) is 5.82 Å². The number of nitrogens with zero attached hydrogens (tertiary/aromatic N) is 1. The van der Waals surface area contributed by atoms with Gasteiger partial charge in [0, 0.05) is 18.0 Å². The monoisotopic (exact) mass is 267 g/mol. The number of benzene rings is 2. The molecule has 3 heteroatoms.